The maximum absolute atomic E-state index is 11.7. The molecule has 0 atom stereocenters. The Labute approximate surface area is 159 Å². The predicted molar refractivity (Wildman–Crippen MR) is 93.6 cm³/mol. The summed E-state index contributed by atoms with van der Waals surface area (Å²) >= 11 is 0. The Kier molecular flexibility index (Phi) is 8.91. The maximum Gasteiger partial charge on any atom is 0.517 e. The number of carbonyl (C=O) groups excluding carboxylic acids is 4. The Hall–Kier alpha value is -2.16. The highest BCUT2D eigenvalue weighted by Gasteiger charge is 2.43. The molecule has 0 saturated carbocycles. The van der Waals surface area contributed by atoms with E-state index in [0.29, 0.717) is 6.61 Å². The summed E-state index contributed by atoms with van der Waals surface area (Å²) in [5.41, 5.74) is -4.10. The molecule has 0 radical (unpaired) electrons. The fourth-order valence-electron chi connectivity index (χ4n) is 1.56. The smallest absolute Gasteiger partial charge is 0.463 e. The van der Waals surface area contributed by atoms with Gasteiger partial charge in [-0.25, -0.2) is 19.2 Å². The minimum absolute atomic E-state index is 0.316. The second-order valence-corrected chi connectivity index (χ2v) is 7.55. The summed E-state index contributed by atoms with van der Waals surface area (Å²) in [6.45, 7) is 10.8. The summed E-state index contributed by atoms with van der Waals surface area (Å²) in [5, 5.41) is 9.45. The van der Waals surface area contributed by atoms with Gasteiger partial charge in [-0.1, -0.05) is 19.8 Å². The first kappa shape index (κ1) is 24.8. The number of hydrogen-bond donors (Lipinski definition) is 1. The van der Waals surface area contributed by atoms with Crippen LogP contribution in [0.25, 0.3) is 0 Å². The molecule has 0 bridgehead atoms. The van der Waals surface area contributed by atoms with Gasteiger partial charge in [0.15, 0.2) is 5.60 Å². The van der Waals surface area contributed by atoms with Gasteiger partial charge in [-0.15, -0.1) is 0 Å². The molecule has 1 heterocycles. The first-order chi connectivity index (χ1) is 12.1. The van der Waals surface area contributed by atoms with E-state index in [2.05, 4.69) is 16.4 Å². The van der Waals surface area contributed by atoms with Gasteiger partial charge >= 0.3 is 24.1 Å². The third kappa shape index (κ3) is 8.85. The van der Waals surface area contributed by atoms with Gasteiger partial charge in [0.25, 0.3) is 0 Å². The van der Waals surface area contributed by atoms with Gasteiger partial charge < -0.3 is 24.1 Å². The highest BCUT2D eigenvalue weighted by atomic mass is 16.8. The highest BCUT2D eigenvalue weighted by molar-refractivity contribution is 5.93. The van der Waals surface area contributed by atoms with Gasteiger partial charge in [-0.2, -0.15) is 0 Å². The number of ether oxygens (including phenoxy) is 4. The van der Waals surface area contributed by atoms with Crippen LogP contribution in [0.5, 0.6) is 0 Å². The second-order valence-electron chi connectivity index (χ2n) is 7.55. The summed E-state index contributed by atoms with van der Waals surface area (Å²) in [4.78, 5) is 43.9. The molecule has 1 fully saturated rings. The molecule has 0 amide bonds. The Balaban J connectivity index is 0.000000621. The Morgan fingerprint density at radius 2 is 1.63 bits per heavy atom. The summed E-state index contributed by atoms with van der Waals surface area (Å²) in [7, 11) is 0. The lowest BCUT2D eigenvalue weighted by molar-refractivity contribution is -0.188. The molecule has 1 saturated heterocycles. The molecule has 0 spiro atoms. The minimum atomic E-state index is -1.63. The van der Waals surface area contributed by atoms with E-state index < -0.39 is 40.9 Å². The molecule has 1 rings (SSSR count). The van der Waals surface area contributed by atoms with Gasteiger partial charge in [0.2, 0.25) is 11.2 Å². The largest absolute Gasteiger partial charge is 0.517 e. The molecule has 0 aliphatic carbocycles. The standard InChI is InChI=1S/C13H24O5.C5H6O4/c1-6-7-8-9-17-11(15)13(4,5)18-10(14)12(2,3)16;1-5(2)3(6)8-4(7)9-5/h16H,6-9H2,1-5H3;1-2H3. The second kappa shape index (κ2) is 9.68. The molecule has 0 unspecified atom stereocenters. The summed E-state index contributed by atoms with van der Waals surface area (Å²) in [5.74, 6) is -2.08. The number of cyclic esters (lactones) is 3. The predicted octanol–water partition coefficient (Wildman–Crippen LogP) is 2.27. The normalized spacial score (nSPS) is 15.9. The van der Waals surface area contributed by atoms with Crippen LogP contribution in [0.2, 0.25) is 0 Å². The fraction of sp³-hybridized carbons (Fsp3) is 0.778. The van der Waals surface area contributed by atoms with Gasteiger partial charge in [0.05, 0.1) is 6.61 Å². The van der Waals surface area contributed by atoms with Crippen LogP contribution in [-0.4, -0.2) is 52.6 Å². The van der Waals surface area contributed by atoms with E-state index in [1.807, 2.05) is 0 Å². The number of esters is 3. The molecule has 1 N–H and O–H groups in total. The van der Waals surface area contributed by atoms with Crippen molar-refractivity contribution in [3.63, 3.8) is 0 Å². The molecule has 1 aliphatic heterocycles. The van der Waals surface area contributed by atoms with Gasteiger partial charge in [0.1, 0.15) is 0 Å². The van der Waals surface area contributed by atoms with Crippen LogP contribution in [0.1, 0.15) is 67.7 Å². The number of rotatable bonds is 7. The molecule has 0 aromatic carbocycles. The van der Waals surface area contributed by atoms with Crippen molar-refractivity contribution in [2.75, 3.05) is 6.61 Å². The summed E-state index contributed by atoms with van der Waals surface area (Å²) in [6.07, 6.45) is 1.90. The first-order valence-electron chi connectivity index (χ1n) is 8.71. The van der Waals surface area contributed by atoms with Crippen LogP contribution in [0, 0.1) is 0 Å². The fourth-order valence-corrected chi connectivity index (χ4v) is 1.56. The third-order valence-electron chi connectivity index (χ3n) is 3.33. The van der Waals surface area contributed by atoms with Crippen molar-refractivity contribution >= 4 is 24.1 Å². The highest BCUT2D eigenvalue weighted by Crippen LogP contribution is 2.19. The minimum Gasteiger partial charge on any atom is -0.463 e. The number of aliphatic hydroxyl groups is 1. The monoisotopic (exact) mass is 390 g/mol. The lowest BCUT2D eigenvalue weighted by Gasteiger charge is -2.26. The van der Waals surface area contributed by atoms with Crippen molar-refractivity contribution < 1.29 is 43.2 Å². The van der Waals surface area contributed by atoms with Crippen LogP contribution in [-0.2, 0) is 33.3 Å². The van der Waals surface area contributed by atoms with Gasteiger partial charge in [0, 0.05) is 0 Å². The number of hydrogen-bond acceptors (Lipinski definition) is 9. The van der Waals surface area contributed by atoms with E-state index in [0.717, 1.165) is 19.3 Å². The van der Waals surface area contributed by atoms with Crippen molar-refractivity contribution in [1.82, 2.24) is 0 Å². The Morgan fingerprint density at radius 1 is 1.07 bits per heavy atom. The zero-order valence-electron chi connectivity index (χ0n) is 17.0. The maximum atomic E-state index is 11.7. The molecule has 1 aliphatic rings. The molecular weight excluding hydrogens is 360 g/mol. The van der Waals surface area contributed by atoms with Crippen LogP contribution in [0.3, 0.4) is 0 Å². The SMILES string of the molecule is CC1(C)OC(=O)OC1=O.CCCCCOC(=O)C(C)(C)OC(=O)C(C)(C)O. The van der Waals surface area contributed by atoms with Crippen molar-refractivity contribution in [2.24, 2.45) is 0 Å². The van der Waals surface area contributed by atoms with Gasteiger partial charge in [-0.05, 0) is 48.0 Å². The van der Waals surface area contributed by atoms with Crippen molar-refractivity contribution in [3.8, 4) is 0 Å². The molecule has 0 aromatic heterocycles. The quantitative estimate of drug-likeness (QED) is 0.301. The zero-order chi connectivity index (χ0) is 21.5. The van der Waals surface area contributed by atoms with Crippen LogP contribution in [0.4, 0.5) is 4.79 Å². The topological polar surface area (TPSA) is 125 Å². The van der Waals surface area contributed by atoms with Crippen molar-refractivity contribution in [1.29, 1.82) is 0 Å². The van der Waals surface area contributed by atoms with Crippen LogP contribution < -0.4 is 0 Å². The molecule has 0 aromatic rings. The Bertz CT molecular complexity index is 556. The van der Waals surface area contributed by atoms with E-state index in [4.69, 9.17) is 9.47 Å². The molecule has 27 heavy (non-hydrogen) atoms. The number of unbranched alkanes of at least 4 members (excludes halogenated alkanes) is 2. The lowest BCUT2D eigenvalue weighted by atomic mass is 10.1. The first-order valence-corrected chi connectivity index (χ1v) is 8.71. The molecular formula is C18H30O9. The summed E-state index contributed by atoms with van der Waals surface area (Å²) < 4.78 is 18.5. The van der Waals surface area contributed by atoms with Gasteiger partial charge in [-0.3, -0.25) is 0 Å². The molecule has 156 valence electrons. The summed E-state index contributed by atoms with van der Waals surface area (Å²) in [6, 6.07) is 0. The number of carbonyl (C=O) groups is 4. The van der Waals surface area contributed by atoms with E-state index in [1.165, 1.54) is 41.5 Å². The van der Waals surface area contributed by atoms with Crippen LogP contribution >= 0.6 is 0 Å². The van der Waals surface area contributed by atoms with E-state index in [1.54, 1.807) is 0 Å². The van der Waals surface area contributed by atoms with Crippen LogP contribution in [0.15, 0.2) is 0 Å². The van der Waals surface area contributed by atoms with Crippen molar-refractivity contribution in [3.05, 3.63) is 0 Å². The Morgan fingerprint density at radius 3 is 1.96 bits per heavy atom. The van der Waals surface area contributed by atoms with E-state index >= 15 is 0 Å². The van der Waals surface area contributed by atoms with E-state index in [-0.39, 0.29) is 0 Å². The van der Waals surface area contributed by atoms with E-state index in [9.17, 15) is 24.3 Å². The third-order valence-corrected chi connectivity index (χ3v) is 3.33. The molecule has 9 heteroatoms. The average molecular weight is 390 g/mol. The lowest BCUT2D eigenvalue weighted by Crippen LogP contribution is -2.44. The average Bonchev–Trinajstić information content (AvgIpc) is 2.73. The zero-order valence-corrected chi connectivity index (χ0v) is 17.0. The molecule has 9 nitrogen and oxygen atoms in total. The van der Waals surface area contributed by atoms with Crippen molar-refractivity contribution in [2.45, 2.75) is 84.5 Å².